The maximum atomic E-state index is 12.7. The van der Waals surface area contributed by atoms with Gasteiger partial charge in [0.2, 0.25) is 0 Å². The number of hydrogen-bond acceptors (Lipinski definition) is 2. The summed E-state index contributed by atoms with van der Waals surface area (Å²) in [5.74, 6) is 0. The van der Waals surface area contributed by atoms with Crippen molar-refractivity contribution in [1.82, 2.24) is 3.97 Å². The van der Waals surface area contributed by atoms with Crippen molar-refractivity contribution >= 4 is 43.5 Å². The van der Waals surface area contributed by atoms with E-state index in [2.05, 4.69) is 0 Å². The molecule has 0 aliphatic carbocycles. The van der Waals surface area contributed by atoms with Gasteiger partial charge in [0, 0.05) is 5.39 Å². The predicted molar refractivity (Wildman–Crippen MR) is 83.7 cm³/mol. The quantitative estimate of drug-likeness (QED) is 0.636. The van der Waals surface area contributed by atoms with Gasteiger partial charge in [-0.2, -0.15) is 0 Å². The zero-order valence-corrected chi connectivity index (χ0v) is 12.8. The first-order valence-corrected chi connectivity index (χ1v) is 8.19. The van der Waals surface area contributed by atoms with E-state index in [4.69, 9.17) is 0 Å². The molecule has 0 fully saturated rings. The molecular weight excluding hydrogens is 373 g/mol. The van der Waals surface area contributed by atoms with E-state index in [1.165, 1.54) is 3.97 Å². The first-order valence-electron chi connectivity index (χ1n) is 5.67. The fourth-order valence-electron chi connectivity index (χ4n) is 2.04. The van der Waals surface area contributed by atoms with Crippen molar-refractivity contribution in [2.24, 2.45) is 0 Å². The molecule has 0 aliphatic heterocycles. The molecule has 1 heterocycles. The Labute approximate surface area is 125 Å². The summed E-state index contributed by atoms with van der Waals surface area (Å²) in [7, 11) is -3.54. The van der Waals surface area contributed by atoms with Crippen molar-refractivity contribution in [1.29, 1.82) is 0 Å². The lowest BCUT2D eigenvalue weighted by atomic mass is 10.3. The van der Waals surface area contributed by atoms with E-state index in [0.29, 0.717) is 14.1 Å². The summed E-state index contributed by atoms with van der Waals surface area (Å²) in [5, 5.41) is 0.923. The second-order valence-corrected chi connectivity index (χ2v) is 7.00. The van der Waals surface area contributed by atoms with Crippen LogP contribution in [0.1, 0.15) is 0 Å². The molecule has 0 spiro atoms. The molecule has 1 aromatic heterocycles. The summed E-state index contributed by atoms with van der Waals surface area (Å²) in [4.78, 5) is 0.300. The average molecular weight is 383 g/mol. The van der Waals surface area contributed by atoms with Crippen molar-refractivity contribution in [2.45, 2.75) is 4.90 Å². The molecule has 0 amide bonds. The topological polar surface area (TPSA) is 39.1 Å². The standard InChI is InChI=1S/C14H10INO2S/c15-14-10-11-6-4-5-9-13(11)16(14)19(17,18)12-7-2-1-3-8-12/h1-10H. The van der Waals surface area contributed by atoms with E-state index < -0.39 is 10.0 Å². The second kappa shape index (κ2) is 4.64. The normalized spacial score (nSPS) is 11.8. The number of nitrogens with zero attached hydrogens (tertiary/aromatic N) is 1. The van der Waals surface area contributed by atoms with Crippen LogP contribution in [0.2, 0.25) is 0 Å². The smallest absolute Gasteiger partial charge is 0.228 e. The molecular formula is C14H10INO2S. The molecule has 0 unspecified atom stereocenters. The third kappa shape index (κ3) is 2.06. The van der Waals surface area contributed by atoms with Crippen LogP contribution in [0.15, 0.2) is 65.6 Å². The third-order valence-electron chi connectivity index (χ3n) is 2.91. The van der Waals surface area contributed by atoms with Crippen molar-refractivity contribution in [2.75, 3.05) is 0 Å². The molecule has 3 nitrogen and oxygen atoms in total. The monoisotopic (exact) mass is 383 g/mol. The molecule has 3 rings (SSSR count). The van der Waals surface area contributed by atoms with E-state index in [1.807, 2.05) is 52.9 Å². The molecule has 5 heteroatoms. The average Bonchev–Trinajstić information content (AvgIpc) is 2.76. The van der Waals surface area contributed by atoms with Gasteiger partial charge in [0.25, 0.3) is 10.0 Å². The van der Waals surface area contributed by atoms with Crippen molar-refractivity contribution < 1.29 is 8.42 Å². The van der Waals surface area contributed by atoms with Gasteiger partial charge in [-0.25, -0.2) is 12.4 Å². The second-order valence-electron chi connectivity index (χ2n) is 4.11. The van der Waals surface area contributed by atoms with Gasteiger partial charge in [-0.1, -0.05) is 36.4 Å². The highest BCUT2D eigenvalue weighted by Gasteiger charge is 2.21. The van der Waals surface area contributed by atoms with Crippen LogP contribution in [-0.2, 0) is 10.0 Å². The van der Waals surface area contributed by atoms with Crippen molar-refractivity contribution in [3.05, 3.63) is 64.4 Å². The van der Waals surface area contributed by atoms with Gasteiger partial charge in [-0.05, 0) is 46.9 Å². The number of rotatable bonds is 2. The van der Waals surface area contributed by atoms with Crippen LogP contribution in [-0.4, -0.2) is 12.4 Å². The van der Waals surface area contributed by atoms with Gasteiger partial charge in [-0.15, -0.1) is 0 Å². The van der Waals surface area contributed by atoms with Crippen LogP contribution in [0.5, 0.6) is 0 Å². The van der Waals surface area contributed by atoms with Gasteiger partial charge in [-0.3, -0.25) is 0 Å². The highest BCUT2D eigenvalue weighted by Crippen LogP contribution is 2.26. The Morgan fingerprint density at radius 1 is 0.895 bits per heavy atom. The lowest BCUT2D eigenvalue weighted by Crippen LogP contribution is -2.14. The number of aromatic nitrogens is 1. The summed E-state index contributed by atoms with van der Waals surface area (Å²) >= 11 is 2.05. The highest BCUT2D eigenvalue weighted by molar-refractivity contribution is 14.1. The van der Waals surface area contributed by atoms with Crippen LogP contribution in [0.25, 0.3) is 10.9 Å². The summed E-state index contributed by atoms with van der Waals surface area (Å²) < 4.78 is 27.4. The van der Waals surface area contributed by atoms with E-state index in [-0.39, 0.29) is 0 Å². The van der Waals surface area contributed by atoms with Gasteiger partial charge in [0.15, 0.2) is 0 Å². The molecule has 2 aromatic carbocycles. The maximum Gasteiger partial charge on any atom is 0.269 e. The van der Waals surface area contributed by atoms with Crippen molar-refractivity contribution in [3.63, 3.8) is 0 Å². The maximum absolute atomic E-state index is 12.7. The van der Waals surface area contributed by atoms with Gasteiger partial charge >= 0.3 is 0 Å². The first kappa shape index (κ1) is 12.7. The van der Waals surface area contributed by atoms with Gasteiger partial charge in [0.1, 0.15) is 0 Å². The van der Waals surface area contributed by atoms with Crippen LogP contribution in [0.4, 0.5) is 0 Å². The Bertz CT molecular complexity index is 838. The number of hydrogen-bond donors (Lipinski definition) is 0. The Kier molecular flexibility index (Phi) is 3.10. The summed E-state index contributed by atoms with van der Waals surface area (Å²) in [6.45, 7) is 0. The van der Waals surface area contributed by atoms with Crippen molar-refractivity contribution in [3.8, 4) is 0 Å². The molecule has 0 saturated heterocycles. The summed E-state index contributed by atoms with van der Waals surface area (Å²) in [5.41, 5.74) is 0.704. The van der Waals surface area contributed by atoms with Gasteiger partial charge < -0.3 is 0 Å². The Balaban J connectivity index is 2.34. The third-order valence-corrected chi connectivity index (χ3v) is 5.77. The molecule has 0 atom stereocenters. The molecule has 19 heavy (non-hydrogen) atoms. The minimum Gasteiger partial charge on any atom is -0.228 e. The lowest BCUT2D eigenvalue weighted by molar-refractivity contribution is 0.588. The van der Waals surface area contributed by atoms with E-state index >= 15 is 0 Å². The summed E-state index contributed by atoms with van der Waals surface area (Å²) in [6.07, 6.45) is 0. The number of fused-ring (bicyclic) bond motifs is 1. The van der Waals surface area contributed by atoms with E-state index in [0.717, 1.165) is 5.39 Å². The SMILES string of the molecule is O=S(=O)(c1ccccc1)n1c(I)cc2ccccc21. The minimum atomic E-state index is -3.54. The summed E-state index contributed by atoms with van der Waals surface area (Å²) in [6, 6.07) is 17.8. The van der Waals surface area contributed by atoms with Crippen LogP contribution < -0.4 is 0 Å². The zero-order chi connectivity index (χ0) is 13.5. The molecule has 3 aromatic rings. The Hall–Kier alpha value is -1.34. The number of para-hydroxylation sites is 1. The molecule has 0 radical (unpaired) electrons. The Morgan fingerprint density at radius 2 is 1.53 bits per heavy atom. The highest BCUT2D eigenvalue weighted by atomic mass is 127. The van der Waals surface area contributed by atoms with Gasteiger partial charge in [0.05, 0.1) is 14.1 Å². The van der Waals surface area contributed by atoms with Crippen LogP contribution in [0, 0.1) is 3.70 Å². The lowest BCUT2D eigenvalue weighted by Gasteiger charge is -2.08. The van der Waals surface area contributed by atoms with Crippen LogP contribution >= 0.6 is 22.6 Å². The predicted octanol–water partition coefficient (Wildman–Crippen LogP) is 3.48. The molecule has 0 saturated carbocycles. The minimum absolute atomic E-state index is 0.300. The fourth-order valence-corrected chi connectivity index (χ4v) is 4.83. The molecule has 0 aliphatic rings. The number of halogens is 1. The zero-order valence-electron chi connectivity index (χ0n) is 9.82. The van der Waals surface area contributed by atoms with Crippen LogP contribution in [0.3, 0.4) is 0 Å². The molecule has 0 N–H and O–H groups in total. The fraction of sp³-hybridized carbons (Fsp3) is 0. The van der Waals surface area contributed by atoms with E-state index in [9.17, 15) is 8.42 Å². The largest absolute Gasteiger partial charge is 0.269 e. The molecule has 96 valence electrons. The molecule has 0 bridgehead atoms. The number of benzene rings is 2. The Morgan fingerprint density at radius 3 is 2.26 bits per heavy atom. The first-order chi connectivity index (χ1) is 9.10. The van der Waals surface area contributed by atoms with E-state index in [1.54, 1.807) is 30.3 Å².